The summed E-state index contributed by atoms with van der Waals surface area (Å²) in [7, 11) is 0. The second-order valence-electron chi connectivity index (χ2n) is 12.4. The Morgan fingerprint density at radius 3 is 2.22 bits per heavy atom. The summed E-state index contributed by atoms with van der Waals surface area (Å²) in [4.78, 5) is 40.8. The number of aliphatic carboxylic acids is 1. The van der Waals surface area contributed by atoms with Gasteiger partial charge in [-0.2, -0.15) is 26.3 Å². The Morgan fingerprint density at radius 1 is 0.961 bits per heavy atom. The normalized spacial score (nSPS) is 21.3. The van der Waals surface area contributed by atoms with Gasteiger partial charge in [-0.25, -0.2) is 0 Å². The topological polar surface area (TPSA) is 108 Å². The molecule has 0 spiro atoms. The Morgan fingerprint density at radius 2 is 1.61 bits per heavy atom. The van der Waals surface area contributed by atoms with E-state index >= 15 is 0 Å². The molecule has 2 aromatic rings. The van der Waals surface area contributed by atoms with Crippen LogP contribution in [0.2, 0.25) is 0 Å². The van der Waals surface area contributed by atoms with E-state index in [-0.39, 0.29) is 69.3 Å². The van der Waals surface area contributed by atoms with Gasteiger partial charge in [-0.15, -0.1) is 0 Å². The fourth-order valence-corrected chi connectivity index (χ4v) is 7.33. The van der Waals surface area contributed by atoms with Gasteiger partial charge in [-0.1, -0.05) is 30.0 Å². The minimum Gasteiger partial charge on any atom is -0.492 e. The van der Waals surface area contributed by atoms with Gasteiger partial charge in [0.05, 0.1) is 35.2 Å². The van der Waals surface area contributed by atoms with Crippen molar-refractivity contribution in [2.75, 3.05) is 46.0 Å². The lowest BCUT2D eigenvalue weighted by Crippen LogP contribution is -2.40. The summed E-state index contributed by atoms with van der Waals surface area (Å²) >= 11 is 6.36. The number of nitrogens with zero attached hydrogens (tertiary/aromatic N) is 2. The van der Waals surface area contributed by atoms with E-state index in [0.717, 1.165) is 11.8 Å². The summed E-state index contributed by atoms with van der Waals surface area (Å²) in [5.74, 6) is -1.89. The van der Waals surface area contributed by atoms with Gasteiger partial charge in [0.15, 0.2) is 0 Å². The average molecular weight is 760 g/mol. The molecule has 0 unspecified atom stereocenters. The number of carbonyl (C=O) groups excluding carboxylic acids is 2. The van der Waals surface area contributed by atoms with Gasteiger partial charge in [0.1, 0.15) is 16.7 Å². The maximum atomic E-state index is 13.6. The van der Waals surface area contributed by atoms with Crippen molar-refractivity contribution in [1.82, 2.24) is 15.1 Å². The number of benzene rings is 2. The molecule has 2 aromatic carbocycles. The Labute approximate surface area is 299 Å². The molecule has 0 atom stereocenters. The molecule has 0 aromatic heterocycles. The zero-order valence-electron chi connectivity index (χ0n) is 27.1. The largest absolute Gasteiger partial charge is 0.492 e. The molecule has 2 saturated heterocycles. The number of carboxylic acid groups (broad SMARTS) is 1. The average Bonchev–Trinajstić information content (AvgIpc) is 3.34. The summed E-state index contributed by atoms with van der Waals surface area (Å²) in [5, 5.41) is 12.1. The maximum Gasteiger partial charge on any atom is 0.416 e. The van der Waals surface area contributed by atoms with Crippen molar-refractivity contribution in [3.05, 3.63) is 58.0 Å². The van der Waals surface area contributed by atoms with Crippen LogP contribution in [-0.2, 0) is 31.5 Å². The van der Waals surface area contributed by atoms with Crippen LogP contribution in [0.5, 0.6) is 5.75 Å². The molecule has 2 N–H and O–H groups in total. The van der Waals surface area contributed by atoms with Gasteiger partial charge in [-0.3, -0.25) is 24.2 Å². The Kier molecular flexibility index (Phi) is 12.4. The fraction of sp³-hybridized carbons (Fsp3) is 0.471. The lowest BCUT2D eigenvalue weighted by atomic mass is 9.86. The molecule has 2 amide bonds. The number of thiocarbonyl (C=S) groups is 1. The van der Waals surface area contributed by atoms with Crippen LogP contribution >= 0.6 is 24.0 Å². The van der Waals surface area contributed by atoms with E-state index in [1.165, 1.54) is 29.2 Å². The smallest absolute Gasteiger partial charge is 0.416 e. The van der Waals surface area contributed by atoms with Crippen LogP contribution in [0, 0.1) is 5.92 Å². The molecule has 2 heterocycles. The molecule has 51 heavy (non-hydrogen) atoms. The van der Waals surface area contributed by atoms with Gasteiger partial charge in [0.2, 0.25) is 5.91 Å². The maximum absolute atomic E-state index is 13.6. The summed E-state index contributed by atoms with van der Waals surface area (Å²) in [6.45, 7) is 3.21. The number of carboxylic acids is 1. The molecule has 1 saturated carbocycles. The van der Waals surface area contributed by atoms with Crippen molar-refractivity contribution in [3.63, 3.8) is 0 Å². The number of alkyl halides is 6. The van der Waals surface area contributed by atoms with Gasteiger partial charge in [0, 0.05) is 44.2 Å². The van der Waals surface area contributed by atoms with Crippen LogP contribution in [-0.4, -0.2) is 89.1 Å². The molecule has 5 rings (SSSR count). The Hall–Kier alpha value is -3.67. The van der Waals surface area contributed by atoms with Crippen LogP contribution in [0.4, 0.5) is 26.3 Å². The zero-order chi connectivity index (χ0) is 36.9. The van der Waals surface area contributed by atoms with Crippen LogP contribution in [0.1, 0.15) is 48.8 Å². The number of hydrogen-bond acceptors (Lipinski definition) is 8. The number of hydrogen-bond donors (Lipinski definition) is 2. The highest BCUT2D eigenvalue weighted by molar-refractivity contribution is 8.26. The lowest BCUT2D eigenvalue weighted by Gasteiger charge is -2.27. The standard InChI is InChI=1S/C34H35F6N3O6S2/c35-33(36,37)24-16-22(17-25(19-24)34(38,39)40)21-3-6-27(49-14-11-42-9-12-48-13-10-42)23(15-21)18-28-30(45)43(32(50)51-28)8-7-29(44)41-26-4-1-20(2-5-26)31(46)47/h3,6,15-20,26H,1-2,4-5,7-14H2,(H,41,44)(H,46,47)/b28-18-. The van der Waals surface area contributed by atoms with Gasteiger partial charge in [0.25, 0.3) is 5.91 Å². The number of carbonyl (C=O) groups is 3. The molecule has 276 valence electrons. The summed E-state index contributed by atoms with van der Waals surface area (Å²) in [6.07, 6.45) is -6.75. The molecule has 17 heteroatoms. The molecule has 9 nitrogen and oxygen atoms in total. The fourth-order valence-electron chi connectivity index (χ4n) is 6.04. The number of halogens is 6. The SMILES string of the molecule is O=C(CCN1C(=O)/C(=C/c2cc(-c3cc(C(F)(F)F)cc(C(F)(F)F)c3)ccc2OCCN2CCOCC2)SC1=S)NC1CCC(C(=O)O)CC1. The Bertz CT molecular complexity index is 1640. The highest BCUT2D eigenvalue weighted by Crippen LogP contribution is 2.40. The van der Waals surface area contributed by atoms with Crippen molar-refractivity contribution in [2.24, 2.45) is 5.92 Å². The lowest BCUT2D eigenvalue weighted by molar-refractivity contribution is -0.144. The highest BCUT2D eigenvalue weighted by Gasteiger charge is 2.37. The molecule has 3 aliphatic rings. The molecule has 2 aliphatic heterocycles. The minimum atomic E-state index is -5.04. The van der Waals surface area contributed by atoms with Gasteiger partial charge in [-0.05, 0) is 73.2 Å². The molecule has 0 bridgehead atoms. The van der Waals surface area contributed by atoms with Gasteiger partial charge >= 0.3 is 18.3 Å². The van der Waals surface area contributed by atoms with E-state index in [1.54, 1.807) is 0 Å². The number of ether oxygens (including phenoxy) is 2. The monoisotopic (exact) mass is 759 g/mol. The molecule has 0 radical (unpaired) electrons. The highest BCUT2D eigenvalue weighted by atomic mass is 32.2. The molecular formula is C34H35F6N3O6S2. The third-order valence-electron chi connectivity index (χ3n) is 8.86. The van der Waals surface area contributed by atoms with Crippen LogP contribution < -0.4 is 10.1 Å². The summed E-state index contributed by atoms with van der Waals surface area (Å²) in [6, 6.07) is 5.31. The van der Waals surface area contributed by atoms with E-state index in [1.807, 2.05) is 0 Å². The number of nitrogens with one attached hydrogen (secondary N) is 1. The van der Waals surface area contributed by atoms with E-state index in [2.05, 4.69) is 10.2 Å². The number of thioether (sulfide) groups is 1. The van der Waals surface area contributed by atoms with Crippen molar-refractivity contribution < 1.29 is 55.3 Å². The first-order valence-electron chi connectivity index (χ1n) is 16.2. The van der Waals surface area contributed by atoms with E-state index < -0.39 is 41.3 Å². The number of rotatable bonds is 11. The second kappa shape index (κ2) is 16.3. The predicted molar refractivity (Wildman–Crippen MR) is 181 cm³/mol. The minimum absolute atomic E-state index is 0.0305. The van der Waals surface area contributed by atoms with E-state index in [4.69, 9.17) is 21.7 Å². The van der Waals surface area contributed by atoms with Crippen molar-refractivity contribution in [1.29, 1.82) is 0 Å². The molecular weight excluding hydrogens is 725 g/mol. The Balaban J connectivity index is 1.36. The number of amides is 2. The van der Waals surface area contributed by atoms with E-state index in [0.29, 0.717) is 70.7 Å². The van der Waals surface area contributed by atoms with E-state index in [9.17, 15) is 45.8 Å². The quantitative estimate of drug-likeness (QED) is 0.152. The predicted octanol–water partition coefficient (Wildman–Crippen LogP) is 6.45. The first-order valence-corrected chi connectivity index (χ1v) is 17.5. The number of morpholine rings is 1. The van der Waals surface area contributed by atoms with Crippen molar-refractivity contribution in [3.8, 4) is 16.9 Å². The molecule has 3 fully saturated rings. The first-order chi connectivity index (χ1) is 24.1. The molecule has 1 aliphatic carbocycles. The van der Waals surface area contributed by atoms with Crippen molar-refractivity contribution in [2.45, 2.75) is 50.5 Å². The second-order valence-corrected chi connectivity index (χ2v) is 14.1. The first kappa shape index (κ1) is 38.6. The van der Waals surface area contributed by atoms with Gasteiger partial charge < -0.3 is 19.9 Å². The third-order valence-corrected chi connectivity index (χ3v) is 10.2. The van der Waals surface area contributed by atoms with Crippen molar-refractivity contribution >= 4 is 52.2 Å². The third kappa shape index (κ3) is 10.2. The van der Waals surface area contributed by atoms with Crippen LogP contribution in [0.15, 0.2) is 41.3 Å². The summed E-state index contributed by atoms with van der Waals surface area (Å²) < 4.78 is 93.4. The van der Waals surface area contributed by atoms with Crippen LogP contribution in [0.3, 0.4) is 0 Å². The summed E-state index contributed by atoms with van der Waals surface area (Å²) in [5.41, 5.74) is -2.99. The van der Waals surface area contributed by atoms with Crippen LogP contribution in [0.25, 0.3) is 17.2 Å². The zero-order valence-corrected chi connectivity index (χ0v) is 28.8.